The zero-order chi connectivity index (χ0) is 21.2. The summed E-state index contributed by atoms with van der Waals surface area (Å²) in [5.41, 5.74) is 1.69. The van der Waals surface area contributed by atoms with Crippen molar-refractivity contribution in [1.29, 1.82) is 0 Å². The molecule has 1 unspecified atom stereocenters. The van der Waals surface area contributed by atoms with Crippen molar-refractivity contribution in [2.75, 3.05) is 0 Å². The molecule has 0 heterocycles. The average Bonchev–Trinajstić information content (AvgIpc) is 2.82. The molecule has 0 aliphatic heterocycles. The molecule has 5 aromatic rings. The summed E-state index contributed by atoms with van der Waals surface area (Å²) in [6.45, 7) is 0. The van der Waals surface area contributed by atoms with E-state index >= 15 is 0 Å². The van der Waals surface area contributed by atoms with Crippen molar-refractivity contribution in [3.8, 4) is 0 Å². The molecule has 1 N–H and O–H groups in total. The van der Waals surface area contributed by atoms with Crippen molar-refractivity contribution in [1.82, 2.24) is 0 Å². The van der Waals surface area contributed by atoms with Crippen LogP contribution in [-0.2, 0) is 0 Å². The smallest absolute Gasteiger partial charge is 0.185 e. The molecule has 0 fully saturated rings. The lowest BCUT2D eigenvalue weighted by atomic mass is 9.89. The number of benzene rings is 5. The Kier molecular flexibility index (Phi) is 5.23. The molecule has 1 atom stereocenters. The first kappa shape index (κ1) is 19.5. The fraction of sp³-hybridized carbons (Fsp3) is 0.138. The molecule has 5 rings (SSSR count). The molecular formula is C29H24O2. The van der Waals surface area contributed by atoms with Crippen molar-refractivity contribution < 1.29 is 9.90 Å². The number of carbonyl (C=O) groups excluding carboxylic acids is 1. The van der Waals surface area contributed by atoms with Gasteiger partial charge in [-0.05, 0) is 69.3 Å². The molecule has 0 amide bonds. The Morgan fingerprint density at radius 2 is 1.52 bits per heavy atom. The van der Waals surface area contributed by atoms with Crippen LogP contribution in [0.1, 0.15) is 41.3 Å². The molecule has 0 spiro atoms. The second-order valence-electron chi connectivity index (χ2n) is 8.09. The van der Waals surface area contributed by atoms with Crippen LogP contribution in [0.15, 0.2) is 97.1 Å². The first-order chi connectivity index (χ1) is 15.2. The fourth-order valence-corrected chi connectivity index (χ4v) is 4.54. The van der Waals surface area contributed by atoms with Gasteiger partial charge in [0.05, 0.1) is 6.10 Å². The lowest BCUT2D eigenvalue weighted by Gasteiger charge is -2.18. The summed E-state index contributed by atoms with van der Waals surface area (Å²) in [4.78, 5) is 12.2. The maximum Gasteiger partial charge on any atom is 0.185 e. The highest BCUT2D eigenvalue weighted by atomic mass is 16.3. The SMILES string of the molecule is O=C(/C=C/CCCC(O)c1cc2cccc3ccc4cccc1c4c32)c1ccccc1. The van der Waals surface area contributed by atoms with Crippen molar-refractivity contribution >= 4 is 38.1 Å². The zero-order valence-corrected chi connectivity index (χ0v) is 17.3. The van der Waals surface area contributed by atoms with Crippen molar-refractivity contribution in [2.24, 2.45) is 0 Å². The van der Waals surface area contributed by atoms with Gasteiger partial charge in [0, 0.05) is 5.56 Å². The van der Waals surface area contributed by atoms with Crippen molar-refractivity contribution in [3.63, 3.8) is 0 Å². The Labute approximate surface area is 181 Å². The lowest BCUT2D eigenvalue weighted by Crippen LogP contribution is -2.00. The van der Waals surface area contributed by atoms with Gasteiger partial charge in [-0.2, -0.15) is 0 Å². The molecule has 0 aliphatic carbocycles. The van der Waals surface area contributed by atoms with Crippen LogP contribution in [0, 0.1) is 0 Å². The Hall–Kier alpha value is -3.49. The van der Waals surface area contributed by atoms with Gasteiger partial charge in [-0.1, -0.05) is 84.9 Å². The topological polar surface area (TPSA) is 37.3 Å². The van der Waals surface area contributed by atoms with Crippen LogP contribution in [0.2, 0.25) is 0 Å². The molecule has 0 saturated heterocycles. The van der Waals surface area contributed by atoms with E-state index in [0.717, 1.165) is 23.8 Å². The molecule has 0 aliphatic rings. The van der Waals surface area contributed by atoms with E-state index in [2.05, 4.69) is 54.6 Å². The van der Waals surface area contributed by atoms with E-state index < -0.39 is 6.10 Å². The van der Waals surface area contributed by atoms with E-state index in [4.69, 9.17) is 0 Å². The van der Waals surface area contributed by atoms with Crippen molar-refractivity contribution in [2.45, 2.75) is 25.4 Å². The Morgan fingerprint density at radius 1 is 0.806 bits per heavy atom. The number of hydrogen-bond donors (Lipinski definition) is 1. The van der Waals surface area contributed by atoms with Gasteiger partial charge in [-0.15, -0.1) is 0 Å². The molecule has 152 valence electrons. The molecule has 0 aromatic heterocycles. The standard InChI is InChI=1S/C29H24O2/c30-26(20-9-3-1-4-10-20)15-5-2-6-16-27(31)25-19-23-13-7-11-21-17-18-22-12-8-14-24(25)29(22)28(21)23/h1,3-5,7-15,17-19,27,31H,2,6,16H2/b15-5+. The second kappa shape index (κ2) is 8.33. The third-order valence-electron chi connectivity index (χ3n) is 6.07. The molecule has 2 nitrogen and oxygen atoms in total. The van der Waals surface area contributed by atoms with Gasteiger partial charge in [-0.3, -0.25) is 4.79 Å². The van der Waals surface area contributed by atoms with E-state index in [-0.39, 0.29) is 5.78 Å². The highest BCUT2D eigenvalue weighted by molar-refractivity contribution is 6.23. The van der Waals surface area contributed by atoms with Gasteiger partial charge in [0.15, 0.2) is 5.78 Å². The number of aliphatic hydroxyl groups excluding tert-OH is 1. The molecule has 2 heteroatoms. The van der Waals surface area contributed by atoms with E-state index in [1.165, 1.54) is 26.9 Å². The van der Waals surface area contributed by atoms with Crippen LogP contribution in [0.5, 0.6) is 0 Å². The van der Waals surface area contributed by atoms with Gasteiger partial charge >= 0.3 is 0 Å². The van der Waals surface area contributed by atoms with Crippen LogP contribution in [0.3, 0.4) is 0 Å². The normalized spacial score (nSPS) is 12.9. The van der Waals surface area contributed by atoms with E-state index in [1.807, 2.05) is 36.4 Å². The van der Waals surface area contributed by atoms with Gasteiger partial charge in [-0.25, -0.2) is 0 Å². The quantitative estimate of drug-likeness (QED) is 0.134. The molecule has 31 heavy (non-hydrogen) atoms. The largest absolute Gasteiger partial charge is 0.388 e. The lowest BCUT2D eigenvalue weighted by molar-refractivity contribution is 0.104. The van der Waals surface area contributed by atoms with Crippen LogP contribution >= 0.6 is 0 Å². The first-order valence-corrected chi connectivity index (χ1v) is 10.8. The van der Waals surface area contributed by atoms with Crippen molar-refractivity contribution in [3.05, 3.63) is 108 Å². The molecule has 5 aromatic carbocycles. The summed E-state index contributed by atoms with van der Waals surface area (Å²) in [7, 11) is 0. The number of rotatable bonds is 7. The average molecular weight is 405 g/mol. The second-order valence-corrected chi connectivity index (χ2v) is 8.09. The third-order valence-corrected chi connectivity index (χ3v) is 6.07. The van der Waals surface area contributed by atoms with Crippen LogP contribution in [0.4, 0.5) is 0 Å². The Morgan fingerprint density at radius 3 is 2.32 bits per heavy atom. The number of carbonyl (C=O) groups is 1. The maximum absolute atomic E-state index is 12.2. The molecular weight excluding hydrogens is 380 g/mol. The van der Waals surface area contributed by atoms with Gasteiger partial charge < -0.3 is 5.11 Å². The minimum Gasteiger partial charge on any atom is -0.388 e. The third kappa shape index (κ3) is 3.71. The zero-order valence-electron chi connectivity index (χ0n) is 17.3. The summed E-state index contributed by atoms with van der Waals surface area (Å²) in [6, 6.07) is 28.4. The highest BCUT2D eigenvalue weighted by Gasteiger charge is 2.16. The number of unbranched alkanes of at least 4 members (excludes halogenated alkanes) is 1. The summed E-state index contributed by atoms with van der Waals surface area (Å²) < 4.78 is 0. The van der Waals surface area contributed by atoms with Crippen LogP contribution < -0.4 is 0 Å². The monoisotopic (exact) mass is 404 g/mol. The predicted molar refractivity (Wildman–Crippen MR) is 129 cm³/mol. The number of allylic oxidation sites excluding steroid dienone is 2. The number of aliphatic hydroxyl groups is 1. The highest BCUT2D eigenvalue weighted by Crippen LogP contribution is 2.39. The summed E-state index contributed by atoms with van der Waals surface area (Å²) in [5, 5.41) is 18.3. The number of hydrogen-bond acceptors (Lipinski definition) is 2. The first-order valence-electron chi connectivity index (χ1n) is 10.8. The van der Waals surface area contributed by atoms with E-state index in [1.54, 1.807) is 6.08 Å². The van der Waals surface area contributed by atoms with Gasteiger partial charge in [0.25, 0.3) is 0 Å². The molecule has 0 bridgehead atoms. The fourth-order valence-electron chi connectivity index (χ4n) is 4.54. The maximum atomic E-state index is 12.2. The minimum absolute atomic E-state index is 0.0208. The van der Waals surface area contributed by atoms with E-state index in [0.29, 0.717) is 12.0 Å². The van der Waals surface area contributed by atoms with Gasteiger partial charge in [0.2, 0.25) is 0 Å². The van der Waals surface area contributed by atoms with E-state index in [9.17, 15) is 9.90 Å². The summed E-state index contributed by atoms with van der Waals surface area (Å²) in [5.74, 6) is 0.0208. The molecule has 0 radical (unpaired) electrons. The molecule has 0 saturated carbocycles. The Balaban J connectivity index is 1.35. The Bertz CT molecular complexity index is 1380. The number of ketones is 1. The minimum atomic E-state index is -0.535. The predicted octanol–water partition coefficient (Wildman–Crippen LogP) is 7.23. The van der Waals surface area contributed by atoms with Crippen LogP contribution in [-0.4, -0.2) is 10.9 Å². The summed E-state index contributed by atoms with van der Waals surface area (Å²) in [6.07, 6.45) is 5.25. The van der Waals surface area contributed by atoms with Gasteiger partial charge in [0.1, 0.15) is 0 Å². The summed E-state index contributed by atoms with van der Waals surface area (Å²) >= 11 is 0. The van der Waals surface area contributed by atoms with Crippen LogP contribution in [0.25, 0.3) is 32.3 Å².